The van der Waals surface area contributed by atoms with E-state index < -0.39 is 10.8 Å². The highest BCUT2D eigenvalue weighted by Crippen LogP contribution is 2.23. The summed E-state index contributed by atoms with van der Waals surface area (Å²) >= 11 is 0. The van der Waals surface area contributed by atoms with Gasteiger partial charge in [-0.15, -0.1) is 0 Å². The minimum atomic E-state index is -0.859. The molecular formula is C14H23NO2S. The second-order valence-corrected chi connectivity index (χ2v) is 6.07. The second kappa shape index (κ2) is 7.41. The van der Waals surface area contributed by atoms with Gasteiger partial charge in [0.05, 0.1) is 12.4 Å². The van der Waals surface area contributed by atoms with E-state index in [1.807, 2.05) is 25.1 Å². The highest BCUT2D eigenvalue weighted by molar-refractivity contribution is 7.84. The van der Waals surface area contributed by atoms with Gasteiger partial charge in [0.15, 0.2) is 0 Å². The fraction of sp³-hybridized carbons (Fsp3) is 0.571. The Balaban J connectivity index is 2.75. The SMILES string of the molecule is CCOc1ccc(N)cc1CS(=O)CC(C)CC. The average Bonchev–Trinajstić information content (AvgIpc) is 2.32. The molecule has 0 spiro atoms. The van der Waals surface area contributed by atoms with Crippen LogP contribution in [0.25, 0.3) is 0 Å². The van der Waals surface area contributed by atoms with Crippen LogP contribution in [0.1, 0.15) is 32.8 Å². The molecule has 0 heterocycles. The summed E-state index contributed by atoms with van der Waals surface area (Å²) in [5.41, 5.74) is 7.40. The van der Waals surface area contributed by atoms with Gasteiger partial charge in [0.25, 0.3) is 0 Å². The van der Waals surface area contributed by atoms with E-state index in [1.165, 1.54) is 0 Å². The monoisotopic (exact) mass is 269 g/mol. The van der Waals surface area contributed by atoms with Crippen molar-refractivity contribution in [2.24, 2.45) is 5.92 Å². The van der Waals surface area contributed by atoms with Gasteiger partial charge in [0.1, 0.15) is 5.75 Å². The van der Waals surface area contributed by atoms with E-state index in [-0.39, 0.29) is 0 Å². The molecular weight excluding hydrogens is 246 g/mol. The van der Waals surface area contributed by atoms with Crippen molar-refractivity contribution in [3.05, 3.63) is 23.8 Å². The second-order valence-electron chi connectivity index (χ2n) is 4.56. The first-order valence-electron chi connectivity index (χ1n) is 6.43. The Kier molecular flexibility index (Phi) is 6.19. The first-order valence-corrected chi connectivity index (χ1v) is 7.91. The third-order valence-corrected chi connectivity index (χ3v) is 4.44. The Morgan fingerprint density at radius 2 is 2.11 bits per heavy atom. The lowest BCUT2D eigenvalue weighted by molar-refractivity contribution is 0.337. The Morgan fingerprint density at radius 1 is 1.39 bits per heavy atom. The van der Waals surface area contributed by atoms with E-state index >= 15 is 0 Å². The molecule has 0 aliphatic heterocycles. The zero-order chi connectivity index (χ0) is 13.5. The third-order valence-electron chi connectivity index (χ3n) is 2.87. The van der Waals surface area contributed by atoms with Crippen LogP contribution in [0, 0.1) is 5.92 Å². The number of nitrogen functional groups attached to an aromatic ring is 1. The molecule has 2 atom stereocenters. The highest BCUT2D eigenvalue weighted by Gasteiger charge is 2.11. The summed E-state index contributed by atoms with van der Waals surface area (Å²) in [6.07, 6.45) is 1.06. The number of hydrogen-bond acceptors (Lipinski definition) is 3. The van der Waals surface area contributed by atoms with E-state index in [4.69, 9.17) is 10.5 Å². The molecule has 0 saturated carbocycles. The maximum Gasteiger partial charge on any atom is 0.123 e. The van der Waals surface area contributed by atoms with Gasteiger partial charge in [0, 0.05) is 27.8 Å². The van der Waals surface area contributed by atoms with Crippen LogP contribution in [-0.2, 0) is 16.6 Å². The van der Waals surface area contributed by atoms with Gasteiger partial charge in [-0.2, -0.15) is 0 Å². The average molecular weight is 269 g/mol. The van der Waals surface area contributed by atoms with Gasteiger partial charge in [-0.1, -0.05) is 20.3 Å². The molecule has 0 saturated heterocycles. The van der Waals surface area contributed by atoms with Crippen molar-refractivity contribution in [1.29, 1.82) is 0 Å². The molecule has 0 aliphatic rings. The van der Waals surface area contributed by atoms with Gasteiger partial charge in [0.2, 0.25) is 0 Å². The quantitative estimate of drug-likeness (QED) is 0.774. The molecule has 0 radical (unpaired) electrons. The fourth-order valence-electron chi connectivity index (χ4n) is 1.68. The Morgan fingerprint density at radius 3 is 2.72 bits per heavy atom. The number of ether oxygens (including phenoxy) is 1. The van der Waals surface area contributed by atoms with Gasteiger partial charge in [-0.3, -0.25) is 4.21 Å². The van der Waals surface area contributed by atoms with Gasteiger partial charge in [-0.05, 0) is 31.0 Å². The van der Waals surface area contributed by atoms with E-state index in [9.17, 15) is 4.21 Å². The van der Waals surface area contributed by atoms with Crippen LogP contribution >= 0.6 is 0 Å². The van der Waals surface area contributed by atoms with Crippen LogP contribution in [-0.4, -0.2) is 16.6 Å². The molecule has 1 aromatic carbocycles. The minimum Gasteiger partial charge on any atom is -0.494 e. The third kappa shape index (κ3) is 4.69. The Hall–Kier alpha value is -1.03. The molecule has 2 unspecified atom stereocenters. The zero-order valence-electron chi connectivity index (χ0n) is 11.4. The summed E-state index contributed by atoms with van der Waals surface area (Å²) in [7, 11) is -0.859. The van der Waals surface area contributed by atoms with Crippen LogP contribution in [0.4, 0.5) is 5.69 Å². The molecule has 0 bridgehead atoms. The van der Waals surface area contributed by atoms with Gasteiger partial charge in [-0.25, -0.2) is 0 Å². The number of hydrogen-bond donors (Lipinski definition) is 1. The molecule has 0 amide bonds. The van der Waals surface area contributed by atoms with Crippen LogP contribution in [0.5, 0.6) is 5.75 Å². The predicted octanol–water partition coefficient (Wildman–Crippen LogP) is 2.96. The van der Waals surface area contributed by atoms with E-state index in [0.717, 1.165) is 23.5 Å². The van der Waals surface area contributed by atoms with Crippen LogP contribution in [0.2, 0.25) is 0 Å². The standard InChI is InChI=1S/C14H23NO2S/c1-4-11(3)9-18(16)10-12-8-13(15)6-7-14(12)17-5-2/h6-8,11H,4-5,9-10,15H2,1-3H3. The molecule has 102 valence electrons. The predicted molar refractivity (Wildman–Crippen MR) is 78.2 cm³/mol. The van der Waals surface area contributed by atoms with Crippen molar-refractivity contribution in [3.63, 3.8) is 0 Å². The summed E-state index contributed by atoms with van der Waals surface area (Å²) in [5, 5.41) is 0. The Labute approximate surface area is 112 Å². The van der Waals surface area contributed by atoms with Crippen LogP contribution in [0.15, 0.2) is 18.2 Å². The largest absolute Gasteiger partial charge is 0.494 e. The first kappa shape index (κ1) is 15.0. The van der Waals surface area contributed by atoms with E-state index in [2.05, 4.69) is 13.8 Å². The van der Waals surface area contributed by atoms with Crippen LogP contribution < -0.4 is 10.5 Å². The lowest BCUT2D eigenvalue weighted by atomic mass is 10.2. The van der Waals surface area contributed by atoms with Crippen molar-refractivity contribution < 1.29 is 8.95 Å². The maximum atomic E-state index is 12.1. The normalized spacial score (nSPS) is 14.2. The van der Waals surface area contributed by atoms with Gasteiger partial charge < -0.3 is 10.5 Å². The number of nitrogens with two attached hydrogens (primary N) is 1. The van der Waals surface area contributed by atoms with E-state index in [0.29, 0.717) is 24.0 Å². The maximum absolute atomic E-state index is 12.1. The smallest absolute Gasteiger partial charge is 0.123 e. The van der Waals surface area contributed by atoms with Crippen molar-refractivity contribution in [1.82, 2.24) is 0 Å². The fourth-order valence-corrected chi connectivity index (χ4v) is 3.24. The zero-order valence-corrected chi connectivity index (χ0v) is 12.3. The van der Waals surface area contributed by atoms with Crippen molar-refractivity contribution in [2.45, 2.75) is 32.9 Å². The van der Waals surface area contributed by atoms with Crippen molar-refractivity contribution in [3.8, 4) is 5.75 Å². The summed E-state index contributed by atoms with van der Waals surface area (Å²) in [5.74, 6) is 2.54. The molecule has 1 rings (SSSR count). The minimum absolute atomic E-state index is 0.488. The molecule has 2 N–H and O–H groups in total. The van der Waals surface area contributed by atoms with Crippen molar-refractivity contribution in [2.75, 3.05) is 18.1 Å². The number of rotatable bonds is 7. The Bertz CT molecular complexity index is 407. The van der Waals surface area contributed by atoms with Crippen molar-refractivity contribution >= 4 is 16.5 Å². The van der Waals surface area contributed by atoms with E-state index in [1.54, 1.807) is 0 Å². The molecule has 0 aromatic heterocycles. The first-order chi connectivity index (χ1) is 8.56. The van der Waals surface area contributed by atoms with Gasteiger partial charge >= 0.3 is 0 Å². The molecule has 3 nitrogen and oxygen atoms in total. The molecule has 18 heavy (non-hydrogen) atoms. The summed E-state index contributed by atoms with van der Waals surface area (Å²) < 4.78 is 17.6. The molecule has 1 aromatic rings. The highest BCUT2D eigenvalue weighted by atomic mass is 32.2. The summed E-state index contributed by atoms with van der Waals surface area (Å²) in [4.78, 5) is 0. The van der Waals surface area contributed by atoms with Crippen LogP contribution in [0.3, 0.4) is 0 Å². The topological polar surface area (TPSA) is 52.3 Å². The molecule has 4 heteroatoms. The summed E-state index contributed by atoms with van der Waals surface area (Å²) in [6.45, 7) is 6.79. The number of benzene rings is 1. The lowest BCUT2D eigenvalue weighted by Gasteiger charge is -2.12. The molecule has 0 fully saturated rings. The summed E-state index contributed by atoms with van der Waals surface area (Å²) in [6, 6.07) is 5.53. The number of anilines is 1. The molecule has 0 aliphatic carbocycles. The lowest BCUT2D eigenvalue weighted by Crippen LogP contribution is -2.10.